The van der Waals surface area contributed by atoms with E-state index in [9.17, 15) is 34.8 Å². The number of rotatable bonds is 5. The molecule has 0 aliphatic rings. The Morgan fingerprint density at radius 1 is 1.00 bits per heavy atom. The summed E-state index contributed by atoms with van der Waals surface area (Å²) in [6.07, 6.45) is -5.28. The minimum absolute atomic E-state index is 0.411. The standard InChI is InChI=1S/C9H6F6O4S2/c10-8(11,12)18-19-20-7(6-4-2-1-3-5-6)21(16,17)9(13,14)15/h1-5,7H. The van der Waals surface area contributed by atoms with Gasteiger partial charge in [-0.1, -0.05) is 30.3 Å². The van der Waals surface area contributed by atoms with Crippen LogP contribution in [0.25, 0.3) is 0 Å². The van der Waals surface area contributed by atoms with E-state index in [4.69, 9.17) is 0 Å². The fourth-order valence-electron chi connectivity index (χ4n) is 1.11. The molecule has 1 rings (SSSR count). The van der Waals surface area contributed by atoms with Crippen molar-refractivity contribution in [2.24, 2.45) is 0 Å². The zero-order valence-corrected chi connectivity index (χ0v) is 11.3. The molecule has 0 N–H and O–H groups in total. The van der Waals surface area contributed by atoms with Gasteiger partial charge in [0.05, 0.1) is 12.0 Å². The molecule has 1 aromatic rings. The van der Waals surface area contributed by atoms with Crippen LogP contribution in [-0.2, 0) is 19.1 Å². The van der Waals surface area contributed by atoms with E-state index in [-0.39, 0.29) is 0 Å². The van der Waals surface area contributed by atoms with Gasteiger partial charge in [0.15, 0.2) is 4.58 Å². The second-order valence-corrected chi connectivity index (χ2v) is 6.55. The van der Waals surface area contributed by atoms with Crippen molar-refractivity contribution < 1.29 is 44.0 Å². The number of alkyl halides is 6. The molecule has 1 atom stereocenters. The van der Waals surface area contributed by atoms with Crippen LogP contribution in [0.1, 0.15) is 10.1 Å². The highest BCUT2D eigenvalue weighted by Gasteiger charge is 2.52. The number of sulfone groups is 1. The smallest absolute Gasteiger partial charge is 0.218 e. The van der Waals surface area contributed by atoms with Crippen LogP contribution in [-0.4, -0.2) is 20.3 Å². The van der Waals surface area contributed by atoms with Crippen LogP contribution in [0.5, 0.6) is 0 Å². The lowest BCUT2D eigenvalue weighted by Gasteiger charge is -2.18. The highest BCUT2D eigenvalue weighted by molar-refractivity contribution is 8.10. The monoisotopic (exact) mass is 356 g/mol. The highest BCUT2D eigenvalue weighted by atomic mass is 32.3. The number of hydrogen-bond acceptors (Lipinski definition) is 5. The summed E-state index contributed by atoms with van der Waals surface area (Å²) in [5.41, 5.74) is -6.08. The van der Waals surface area contributed by atoms with Gasteiger partial charge in [-0.05, 0) is 5.56 Å². The van der Waals surface area contributed by atoms with Crippen molar-refractivity contribution in [3.05, 3.63) is 35.9 Å². The quantitative estimate of drug-likeness (QED) is 0.348. The molecule has 1 unspecified atom stereocenters. The van der Waals surface area contributed by atoms with Crippen LogP contribution in [0.3, 0.4) is 0 Å². The summed E-state index contributed by atoms with van der Waals surface area (Å²) in [4.78, 5) is 2.82. The second kappa shape index (κ2) is 6.42. The number of benzene rings is 1. The Morgan fingerprint density at radius 2 is 1.52 bits per heavy atom. The molecule has 120 valence electrons. The SMILES string of the molecule is O=S(=O)(C(SOOC(F)(F)F)c1ccccc1)C(F)(F)F. The largest absolute Gasteiger partial charge is 0.550 e. The number of halogens is 6. The third-order valence-electron chi connectivity index (χ3n) is 1.93. The molecule has 0 heterocycles. The Bertz CT molecular complexity index is 554. The Labute approximate surface area is 119 Å². The molecule has 0 fully saturated rings. The lowest BCUT2D eigenvalue weighted by atomic mass is 10.2. The summed E-state index contributed by atoms with van der Waals surface area (Å²) in [5.74, 6) is 0. The van der Waals surface area contributed by atoms with Crippen LogP contribution in [0.4, 0.5) is 26.3 Å². The summed E-state index contributed by atoms with van der Waals surface area (Å²) in [7, 11) is -5.82. The van der Waals surface area contributed by atoms with E-state index in [1.54, 1.807) is 0 Å². The minimum Gasteiger partial charge on any atom is -0.218 e. The van der Waals surface area contributed by atoms with Gasteiger partial charge in [0, 0.05) is 0 Å². The Hall–Kier alpha value is -0.980. The molecule has 12 heteroatoms. The van der Waals surface area contributed by atoms with E-state index in [0.717, 1.165) is 12.1 Å². The zero-order chi connectivity index (χ0) is 16.3. The molecule has 0 radical (unpaired) electrons. The molecular weight excluding hydrogens is 350 g/mol. The van der Waals surface area contributed by atoms with Crippen molar-refractivity contribution in [2.75, 3.05) is 0 Å². The van der Waals surface area contributed by atoms with Gasteiger partial charge in [0.2, 0.25) is 0 Å². The second-order valence-electron chi connectivity index (χ2n) is 3.43. The first-order valence-corrected chi connectivity index (χ1v) is 7.23. The summed E-state index contributed by atoms with van der Waals surface area (Å²) >= 11 is -0.615. The Kier molecular flexibility index (Phi) is 5.52. The van der Waals surface area contributed by atoms with Crippen LogP contribution in [0, 0.1) is 0 Å². The molecule has 0 saturated heterocycles. The van der Waals surface area contributed by atoms with E-state index in [2.05, 4.69) is 9.22 Å². The maximum Gasteiger partial charge on any atom is 0.550 e. The van der Waals surface area contributed by atoms with Crippen molar-refractivity contribution in [3.63, 3.8) is 0 Å². The van der Waals surface area contributed by atoms with Gasteiger partial charge >= 0.3 is 11.9 Å². The summed E-state index contributed by atoms with van der Waals surface area (Å²) in [5, 5.41) is 0. The van der Waals surface area contributed by atoms with Crippen molar-refractivity contribution in [1.82, 2.24) is 0 Å². The minimum atomic E-state index is -5.82. The van der Waals surface area contributed by atoms with Crippen molar-refractivity contribution in [2.45, 2.75) is 16.5 Å². The molecule has 0 amide bonds. The van der Waals surface area contributed by atoms with Crippen LogP contribution in [0.2, 0.25) is 0 Å². The molecule has 0 aliphatic carbocycles. The summed E-state index contributed by atoms with van der Waals surface area (Å²) < 4.78 is 96.4. The van der Waals surface area contributed by atoms with Crippen molar-refractivity contribution >= 4 is 21.9 Å². The fraction of sp³-hybridized carbons (Fsp3) is 0.333. The van der Waals surface area contributed by atoms with E-state index >= 15 is 0 Å². The molecule has 0 aliphatic heterocycles. The van der Waals surface area contributed by atoms with Crippen LogP contribution >= 0.6 is 12.0 Å². The van der Waals surface area contributed by atoms with Crippen molar-refractivity contribution in [3.8, 4) is 0 Å². The van der Waals surface area contributed by atoms with E-state index in [1.807, 2.05) is 0 Å². The molecule has 21 heavy (non-hydrogen) atoms. The van der Waals surface area contributed by atoms with Gasteiger partial charge in [0.25, 0.3) is 9.84 Å². The lowest BCUT2D eigenvalue weighted by Crippen LogP contribution is -2.28. The van der Waals surface area contributed by atoms with E-state index in [0.29, 0.717) is 0 Å². The first kappa shape index (κ1) is 18.1. The van der Waals surface area contributed by atoms with Gasteiger partial charge in [0.1, 0.15) is 0 Å². The predicted molar refractivity (Wildman–Crippen MR) is 60.0 cm³/mol. The highest BCUT2D eigenvalue weighted by Crippen LogP contribution is 2.43. The van der Waals surface area contributed by atoms with Gasteiger partial charge in [-0.25, -0.2) is 8.42 Å². The van der Waals surface area contributed by atoms with Crippen LogP contribution < -0.4 is 0 Å². The molecule has 0 bridgehead atoms. The third kappa shape index (κ3) is 5.05. The van der Waals surface area contributed by atoms with Crippen molar-refractivity contribution in [1.29, 1.82) is 0 Å². The maximum atomic E-state index is 12.5. The normalized spacial score (nSPS) is 15.0. The lowest BCUT2D eigenvalue weighted by molar-refractivity contribution is -0.440. The molecule has 0 aromatic heterocycles. The predicted octanol–water partition coefficient (Wildman–Crippen LogP) is 3.74. The van der Waals surface area contributed by atoms with E-state index in [1.165, 1.54) is 18.2 Å². The zero-order valence-electron chi connectivity index (χ0n) is 9.68. The van der Waals surface area contributed by atoms with Crippen LogP contribution in [0.15, 0.2) is 30.3 Å². The van der Waals surface area contributed by atoms with Gasteiger partial charge < -0.3 is 0 Å². The first-order valence-electron chi connectivity index (χ1n) is 4.88. The molecule has 0 spiro atoms. The van der Waals surface area contributed by atoms with Gasteiger partial charge in [-0.2, -0.15) is 17.5 Å². The maximum absolute atomic E-state index is 12.5. The van der Waals surface area contributed by atoms with Gasteiger partial charge in [-0.15, -0.1) is 18.1 Å². The molecule has 0 saturated carbocycles. The molecular formula is C9H6F6O4S2. The third-order valence-corrected chi connectivity index (χ3v) is 5.00. The average molecular weight is 356 g/mol. The van der Waals surface area contributed by atoms with E-state index < -0.39 is 43.9 Å². The van der Waals surface area contributed by atoms with Gasteiger partial charge in [-0.3, -0.25) is 0 Å². The first-order chi connectivity index (χ1) is 9.45. The Morgan fingerprint density at radius 3 is 1.95 bits per heavy atom. The number of hydrogen-bond donors (Lipinski definition) is 0. The topological polar surface area (TPSA) is 52.6 Å². The summed E-state index contributed by atoms with van der Waals surface area (Å²) in [6.45, 7) is 0. The Balaban J connectivity index is 3.03. The fourth-order valence-corrected chi connectivity index (χ4v) is 3.16. The average Bonchev–Trinajstić information content (AvgIpc) is 2.33. The molecule has 4 nitrogen and oxygen atoms in total. The molecule has 1 aromatic carbocycles. The summed E-state index contributed by atoms with van der Waals surface area (Å²) in [6, 6.07) is 5.83.